The predicted molar refractivity (Wildman–Crippen MR) is 110 cm³/mol. The van der Waals surface area contributed by atoms with Crippen LogP contribution < -0.4 is 37.2 Å². The molecule has 30 heavy (non-hydrogen) atoms. The van der Waals surface area contributed by atoms with Crippen LogP contribution in [0.4, 0.5) is 0 Å². The smallest absolute Gasteiger partial charge is 1.00 e. The molecule has 0 aromatic heterocycles. The Morgan fingerprint density at radius 2 is 1.03 bits per heavy atom. The van der Waals surface area contributed by atoms with E-state index in [4.69, 9.17) is 0 Å². The standard InChI is InChI=1S/C26H23.3ClH.Ti/c1-26(23-15-7-3-8-16-23,24-17-9-4-10-18-24)25-19-11-14-22(25)20-21-12-5-2-6-13-21;;;;/h2-19H,20H2,1H3;3*1H;/q-1;;;;+4/p-3. The van der Waals surface area contributed by atoms with Crippen LogP contribution in [0.15, 0.2) is 109 Å². The fraction of sp³-hybridized carbons (Fsp3) is 0.115. The van der Waals surface area contributed by atoms with Gasteiger partial charge < -0.3 is 37.2 Å². The molecule has 0 heterocycles. The Kier molecular flexibility index (Phi) is 12.5. The molecule has 0 amide bonds. The van der Waals surface area contributed by atoms with Gasteiger partial charge in [0.15, 0.2) is 0 Å². The average molecular weight is 490 g/mol. The minimum absolute atomic E-state index is 0. The van der Waals surface area contributed by atoms with E-state index in [-0.39, 0.29) is 64.4 Å². The molecule has 4 aromatic carbocycles. The van der Waals surface area contributed by atoms with Crippen molar-refractivity contribution in [3.8, 4) is 0 Å². The van der Waals surface area contributed by atoms with E-state index in [9.17, 15) is 0 Å². The van der Waals surface area contributed by atoms with Gasteiger partial charge in [-0.15, -0.1) is 5.56 Å². The average Bonchev–Trinajstić information content (AvgIpc) is 3.18. The SMILES string of the molecule is CC(c1ccccc1)(c1ccccc1)[c-]1cccc1Cc1ccccc1.[Cl-].[Cl-].[Cl-].[Ti+4]. The minimum Gasteiger partial charge on any atom is -1.00 e. The van der Waals surface area contributed by atoms with Gasteiger partial charge in [0, 0.05) is 0 Å². The first kappa shape index (κ1) is 28.6. The van der Waals surface area contributed by atoms with Crippen molar-refractivity contribution in [2.45, 2.75) is 18.8 Å². The van der Waals surface area contributed by atoms with E-state index in [0.29, 0.717) is 0 Å². The molecule has 0 saturated heterocycles. The summed E-state index contributed by atoms with van der Waals surface area (Å²) in [6.07, 6.45) is 0.957. The monoisotopic (exact) mass is 488 g/mol. The van der Waals surface area contributed by atoms with Crippen molar-refractivity contribution in [2.24, 2.45) is 0 Å². The van der Waals surface area contributed by atoms with Gasteiger partial charge in [-0.1, -0.05) is 97.9 Å². The largest absolute Gasteiger partial charge is 4.00 e. The molecule has 0 bridgehead atoms. The fourth-order valence-corrected chi connectivity index (χ4v) is 3.94. The zero-order valence-corrected chi connectivity index (χ0v) is 20.6. The third-order valence-corrected chi connectivity index (χ3v) is 5.38. The van der Waals surface area contributed by atoms with Crippen LogP contribution in [0, 0.1) is 0 Å². The van der Waals surface area contributed by atoms with Crippen LogP contribution in [0.3, 0.4) is 0 Å². The van der Waals surface area contributed by atoms with E-state index < -0.39 is 0 Å². The van der Waals surface area contributed by atoms with Gasteiger partial charge in [0.2, 0.25) is 0 Å². The van der Waals surface area contributed by atoms with E-state index in [1.54, 1.807) is 0 Å². The van der Waals surface area contributed by atoms with Crippen molar-refractivity contribution in [1.82, 2.24) is 0 Å². The summed E-state index contributed by atoms with van der Waals surface area (Å²) < 4.78 is 0. The number of halogens is 3. The van der Waals surface area contributed by atoms with E-state index in [2.05, 4.69) is 116 Å². The zero-order chi connectivity index (χ0) is 17.8. The van der Waals surface area contributed by atoms with Gasteiger partial charge in [-0.05, 0) is 28.5 Å². The van der Waals surface area contributed by atoms with Gasteiger partial charge in [-0.3, -0.25) is 0 Å². The first-order chi connectivity index (χ1) is 12.8. The summed E-state index contributed by atoms with van der Waals surface area (Å²) >= 11 is 0. The molecule has 0 saturated carbocycles. The third kappa shape index (κ3) is 5.84. The van der Waals surface area contributed by atoms with Crippen LogP contribution in [0.2, 0.25) is 0 Å². The van der Waals surface area contributed by atoms with Gasteiger partial charge in [0.1, 0.15) is 0 Å². The van der Waals surface area contributed by atoms with Crippen molar-refractivity contribution in [1.29, 1.82) is 0 Å². The van der Waals surface area contributed by atoms with Crippen molar-refractivity contribution in [3.05, 3.63) is 137 Å². The quantitative estimate of drug-likeness (QED) is 0.213. The van der Waals surface area contributed by atoms with Crippen LogP contribution in [0.1, 0.15) is 34.7 Å². The number of rotatable bonds is 5. The minimum atomic E-state index is -0.171. The van der Waals surface area contributed by atoms with Gasteiger partial charge in [0.25, 0.3) is 0 Å². The van der Waals surface area contributed by atoms with E-state index in [1.165, 1.54) is 27.8 Å². The van der Waals surface area contributed by atoms with E-state index in [1.807, 2.05) is 0 Å². The molecule has 0 aliphatic carbocycles. The summed E-state index contributed by atoms with van der Waals surface area (Å²) in [5, 5.41) is 0. The summed E-state index contributed by atoms with van der Waals surface area (Å²) in [6.45, 7) is 2.35. The number of hydrogen-bond acceptors (Lipinski definition) is 0. The van der Waals surface area contributed by atoms with Crippen molar-refractivity contribution >= 4 is 0 Å². The summed E-state index contributed by atoms with van der Waals surface area (Å²) in [7, 11) is 0. The normalized spacial score (nSPS) is 9.90. The van der Waals surface area contributed by atoms with Crippen LogP contribution in [-0.4, -0.2) is 0 Å². The molecule has 0 unspecified atom stereocenters. The topological polar surface area (TPSA) is 0 Å². The van der Waals surface area contributed by atoms with Crippen molar-refractivity contribution in [2.75, 3.05) is 0 Å². The first-order valence-corrected chi connectivity index (χ1v) is 9.18. The molecular formula is C26H23Cl3Ti. The summed E-state index contributed by atoms with van der Waals surface area (Å²) in [4.78, 5) is 0. The van der Waals surface area contributed by atoms with Crippen LogP contribution in [-0.2, 0) is 33.6 Å². The second kappa shape index (κ2) is 13.1. The second-order valence-electron chi connectivity index (χ2n) is 6.98. The first-order valence-electron chi connectivity index (χ1n) is 9.18. The Bertz CT molecular complexity index is 927. The molecule has 4 aromatic rings. The van der Waals surface area contributed by atoms with Crippen LogP contribution >= 0.6 is 0 Å². The summed E-state index contributed by atoms with van der Waals surface area (Å²) in [5.74, 6) is 0. The Morgan fingerprint density at radius 3 is 1.50 bits per heavy atom. The molecule has 152 valence electrons. The third-order valence-electron chi connectivity index (χ3n) is 5.38. The predicted octanol–water partition coefficient (Wildman–Crippen LogP) is -2.64. The molecule has 0 nitrogen and oxygen atoms in total. The Hall–Kier alpha value is -1.41. The van der Waals surface area contributed by atoms with Gasteiger partial charge in [-0.2, -0.15) is 11.6 Å². The van der Waals surface area contributed by atoms with Gasteiger partial charge >= 0.3 is 21.7 Å². The maximum atomic E-state index is 2.35. The molecule has 0 aliphatic rings. The number of hydrogen-bond donors (Lipinski definition) is 0. The maximum Gasteiger partial charge on any atom is 4.00 e. The van der Waals surface area contributed by atoms with Crippen LogP contribution in [0.25, 0.3) is 0 Å². The fourth-order valence-electron chi connectivity index (χ4n) is 3.94. The molecule has 0 atom stereocenters. The molecule has 0 fully saturated rings. The molecule has 0 N–H and O–H groups in total. The second-order valence-corrected chi connectivity index (χ2v) is 6.98. The van der Waals surface area contributed by atoms with Crippen LogP contribution in [0.5, 0.6) is 0 Å². The van der Waals surface area contributed by atoms with Gasteiger partial charge in [-0.25, -0.2) is 12.1 Å². The summed E-state index contributed by atoms with van der Waals surface area (Å²) in [6, 6.07) is 39.2. The van der Waals surface area contributed by atoms with Gasteiger partial charge in [0.05, 0.1) is 0 Å². The molecular weight excluding hydrogens is 467 g/mol. The Morgan fingerprint density at radius 1 is 0.600 bits per heavy atom. The maximum absolute atomic E-state index is 2.35. The Labute approximate surface area is 213 Å². The summed E-state index contributed by atoms with van der Waals surface area (Å²) in [5.41, 5.74) is 6.61. The molecule has 4 heteroatoms. The van der Waals surface area contributed by atoms with E-state index >= 15 is 0 Å². The molecule has 0 spiro atoms. The molecule has 4 rings (SSSR count). The zero-order valence-electron chi connectivity index (χ0n) is 16.7. The van der Waals surface area contributed by atoms with E-state index in [0.717, 1.165) is 6.42 Å². The molecule has 0 radical (unpaired) electrons. The molecule has 0 aliphatic heterocycles. The Balaban J connectivity index is 0.00000210. The number of benzene rings is 3. The van der Waals surface area contributed by atoms with Crippen molar-refractivity contribution in [3.63, 3.8) is 0 Å². The van der Waals surface area contributed by atoms with Crippen molar-refractivity contribution < 1.29 is 58.9 Å².